The van der Waals surface area contributed by atoms with Gasteiger partial charge >= 0.3 is 0 Å². The number of hydrazine groups is 1. The van der Waals surface area contributed by atoms with Gasteiger partial charge in [0.05, 0.1) is 6.42 Å². The SMILES string of the molecule is NNC(=O)Cc1cc(F)cc(Cl)c1. The number of rotatable bonds is 2. The first-order valence-electron chi connectivity index (χ1n) is 3.56. The fourth-order valence-corrected chi connectivity index (χ4v) is 1.19. The molecule has 13 heavy (non-hydrogen) atoms. The predicted molar refractivity (Wildman–Crippen MR) is 47.4 cm³/mol. The highest BCUT2D eigenvalue weighted by molar-refractivity contribution is 6.30. The topological polar surface area (TPSA) is 55.1 Å². The van der Waals surface area contributed by atoms with Crippen LogP contribution in [-0.4, -0.2) is 5.91 Å². The number of nitrogens with one attached hydrogen (secondary N) is 1. The van der Waals surface area contributed by atoms with Crippen LogP contribution in [0.3, 0.4) is 0 Å². The summed E-state index contributed by atoms with van der Waals surface area (Å²) in [7, 11) is 0. The van der Waals surface area contributed by atoms with E-state index in [1.165, 1.54) is 18.2 Å². The highest BCUT2D eigenvalue weighted by Crippen LogP contribution is 2.14. The number of carbonyl (C=O) groups excluding carboxylic acids is 1. The third-order valence-electron chi connectivity index (χ3n) is 1.45. The van der Waals surface area contributed by atoms with Crippen LogP contribution in [0.1, 0.15) is 5.56 Å². The Bertz CT molecular complexity index is 310. The summed E-state index contributed by atoms with van der Waals surface area (Å²) in [5.41, 5.74) is 2.44. The number of amides is 1. The molecule has 5 heteroatoms. The zero-order valence-electron chi connectivity index (χ0n) is 6.68. The molecule has 0 saturated heterocycles. The molecular formula is C8H8ClFN2O. The molecule has 0 unspecified atom stereocenters. The van der Waals surface area contributed by atoms with Crippen molar-refractivity contribution in [1.29, 1.82) is 0 Å². The Balaban J connectivity index is 2.83. The van der Waals surface area contributed by atoms with E-state index in [9.17, 15) is 9.18 Å². The van der Waals surface area contributed by atoms with Crippen molar-refractivity contribution in [1.82, 2.24) is 5.43 Å². The van der Waals surface area contributed by atoms with Gasteiger partial charge in [0.1, 0.15) is 5.82 Å². The molecule has 0 aliphatic heterocycles. The Morgan fingerprint density at radius 2 is 2.23 bits per heavy atom. The Kier molecular flexibility index (Phi) is 3.22. The second-order valence-corrected chi connectivity index (χ2v) is 2.96. The second-order valence-electron chi connectivity index (χ2n) is 2.52. The van der Waals surface area contributed by atoms with Crippen LogP contribution >= 0.6 is 11.6 Å². The summed E-state index contributed by atoms with van der Waals surface area (Å²) in [5.74, 6) is 4.02. The van der Waals surface area contributed by atoms with E-state index in [1.54, 1.807) is 0 Å². The molecule has 1 aromatic rings. The number of benzene rings is 1. The molecule has 0 atom stereocenters. The number of carbonyl (C=O) groups is 1. The molecule has 0 bridgehead atoms. The molecule has 0 aliphatic rings. The van der Waals surface area contributed by atoms with E-state index in [0.717, 1.165) is 0 Å². The van der Waals surface area contributed by atoms with Crippen LogP contribution in [0.2, 0.25) is 5.02 Å². The quantitative estimate of drug-likeness (QED) is 0.427. The molecule has 0 aromatic heterocycles. The van der Waals surface area contributed by atoms with Crippen LogP contribution in [0.4, 0.5) is 4.39 Å². The molecule has 0 saturated carbocycles. The van der Waals surface area contributed by atoms with E-state index in [0.29, 0.717) is 5.56 Å². The lowest BCUT2D eigenvalue weighted by atomic mass is 10.1. The minimum absolute atomic E-state index is 0.0218. The van der Waals surface area contributed by atoms with Crippen molar-refractivity contribution in [3.05, 3.63) is 34.6 Å². The van der Waals surface area contributed by atoms with Crippen LogP contribution in [-0.2, 0) is 11.2 Å². The minimum Gasteiger partial charge on any atom is -0.294 e. The van der Waals surface area contributed by atoms with Gasteiger partial charge in [0.25, 0.3) is 0 Å². The summed E-state index contributed by atoms with van der Waals surface area (Å²) in [5, 5.41) is 0.264. The lowest BCUT2D eigenvalue weighted by Crippen LogP contribution is -2.31. The maximum atomic E-state index is 12.7. The minimum atomic E-state index is -0.465. The van der Waals surface area contributed by atoms with Crippen molar-refractivity contribution >= 4 is 17.5 Å². The number of hydrogen-bond donors (Lipinski definition) is 2. The van der Waals surface area contributed by atoms with Crippen LogP contribution in [0, 0.1) is 5.82 Å². The van der Waals surface area contributed by atoms with E-state index in [2.05, 4.69) is 0 Å². The van der Waals surface area contributed by atoms with E-state index in [-0.39, 0.29) is 17.4 Å². The number of halogens is 2. The van der Waals surface area contributed by atoms with Gasteiger partial charge in [0.15, 0.2) is 0 Å². The van der Waals surface area contributed by atoms with Crippen molar-refractivity contribution in [2.24, 2.45) is 5.84 Å². The lowest BCUT2D eigenvalue weighted by Gasteiger charge is -2.01. The summed E-state index contributed by atoms with van der Waals surface area (Å²) >= 11 is 5.57. The monoisotopic (exact) mass is 202 g/mol. The Labute approximate surface area is 79.7 Å². The average molecular weight is 203 g/mol. The first kappa shape index (κ1) is 9.95. The highest BCUT2D eigenvalue weighted by Gasteiger charge is 2.03. The molecule has 3 nitrogen and oxygen atoms in total. The standard InChI is InChI=1S/C8H8ClFN2O/c9-6-1-5(2-7(10)4-6)3-8(13)12-11/h1-2,4H,3,11H2,(H,12,13). The van der Waals surface area contributed by atoms with Crippen molar-refractivity contribution in [3.63, 3.8) is 0 Å². The molecular weight excluding hydrogens is 195 g/mol. The van der Waals surface area contributed by atoms with E-state index in [1.807, 2.05) is 5.43 Å². The summed E-state index contributed by atoms with van der Waals surface area (Å²) in [6.07, 6.45) is 0.0218. The van der Waals surface area contributed by atoms with Crippen molar-refractivity contribution < 1.29 is 9.18 Å². The van der Waals surface area contributed by atoms with Gasteiger partial charge in [-0.1, -0.05) is 11.6 Å². The smallest absolute Gasteiger partial charge is 0.238 e. The van der Waals surface area contributed by atoms with Gasteiger partial charge in [0.2, 0.25) is 5.91 Å². The van der Waals surface area contributed by atoms with Gasteiger partial charge in [-0.05, 0) is 23.8 Å². The molecule has 1 amide bonds. The molecule has 0 aliphatic carbocycles. The molecule has 1 rings (SSSR count). The largest absolute Gasteiger partial charge is 0.294 e. The first-order chi connectivity index (χ1) is 6.11. The fourth-order valence-electron chi connectivity index (χ4n) is 0.949. The average Bonchev–Trinajstić information content (AvgIpc) is 2.02. The summed E-state index contributed by atoms with van der Waals surface area (Å²) in [6, 6.07) is 3.92. The van der Waals surface area contributed by atoms with E-state index >= 15 is 0 Å². The molecule has 0 spiro atoms. The number of nitrogens with two attached hydrogens (primary N) is 1. The van der Waals surface area contributed by atoms with Crippen molar-refractivity contribution in [2.75, 3.05) is 0 Å². The van der Waals surface area contributed by atoms with Crippen molar-refractivity contribution in [3.8, 4) is 0 Å². The zero-order valence-corrected chi connectivity index (χ0v) is 7.44. The third kappa shape index (κ3) is 3.01. The Hall–Kier alpha value is -1.13. The third-order valence-corrected chi connectivity index (χ3v) is 1.67. The summed E-state index contributed by atoms with van der Waals surface area (Å²) < 4.78 is 12.7. The zero-order chi connectivity index (χ0) is 9.84. The van der Waals surface area contributed by atoms with Gasteiger partial charge in [-0.15, -0.1) is 0 Å². The van der Waals surface area contributed by atoms with Crippen LogP contribution in [0.15, 0.2) is 18.2 Å². The Morgan fingerprint density at radius 1 is 1.54 bits per heavy atom. The molecule has 0 fully saturated rings. The number of hydrogen-bond acceptors (Lipinski definition) is 2. The maximum Gasteiger partial charge on any atom is 0.238 e. The van der Waals surface area contributed by atoms with Gasteiger partial charge in [0, 0.05) is 5.02 Å². The fraction of sp³-hybridized carbons (Fsp3) is 0.125. The van der Waals surface area contributed by atoms with Crippen molar-refractivity contribution in [2.45, 2.75) is 6.42 Å². The van der Waals surface area contributed by atoms with E-state index in [4.69, 9.17) is 17.4 Å². The normalized spacial score (nSPS) is 9.77. The molecule has 0 radical (unpaired) electrons. The van der Waals surface area contributed by atoms with Crippen LogP contribution in [0.5, 0.6) is 0 Å². The van der Waals surface area contributed by atoms with Gasteiger partial charge in [-0.2, -0.15) is 0 Å². The summed E-state index contributed by atoms with van der Waals surface area (Å²) in [4.78, 5) is 10.8. The molecule has 70 valence electrons. The van der Waals surface area contributed by atoms with Crippen LogP contribution in [0.25, 0.3) is 0 Å². The highest BCUT2D eigenvalue weighted by atomic mass is 35.5. The second kappa shape index (κ2) is 4.20. The summed E-state index contributed by atoms with van der Waals surface area (Å²) in [6.45, 7) is 0. The molecule has 0 heterocycles. The molecule has 1 aromatic carbocycles. The van der Waals surface area contributed by atoms with Gasteiger partial charge < -0.3 is 0 Å². The Morgan fingerprint density at radius 3 is 2.77 bits per heavy atom. The lowest BCUT2D eigenvalue weighted by molar-refractivity contribution is -0.120. The molecule has 3 N–H and O–H groups in total. The maximum absolute atomic E-state index is 12.7. The van der Waals surface area contributed by atoms with Gasteiger partial charge in [-0.25, -0.2) is 10.2 Å². The van der Waals surface area contributed by atoms with Crippen LogP contribution < -0.4 is 11.3 Å². The van der Waals surface area contributed by atoms with E-state index < -0.39 is 5.82 Å². The predicted octanol–water partition coefficient (Wildman–Crippen LogP) is 1.01. The van der Waals surface area contributed by atoms with Gasteiger partial charge in [-0.3, -0.25) is 10.2 Å². The first-order valence-corrected chi connectivity index (χ1v) is 3.94.